The normalized spacial score (nSPS) is 11.1. The second-order valence-corrected chi connectivity index (χ2v) is 6.26. The SMILES string of the molecule is CCc1cc(S(=O)(=O)Cl)cc(Br)c1C#N. The van der Waals surface area contributed by atoms with E-state index in [1.807, 2.05) is 13.0 Å². The number of hydrogen-bond donors (Lipinski definition) is 0. The van der Waals surface area contributed by atoms with Gasteiger partial charge in [0.05, 0.1) is 10.5 Å². The first-order chi connectivity index (χ1) is 6.90. The molecule has 0 aromatic heterocycles. The molecule has 80 valence electrons. The minimum atomic E-state index is -3.75. The minimum absolute atomic E-state index is 0.00638. The maximum atomic E-state index is 11.1. The first-order valence-corrected chi connectivity index (χ1v) is 7.17. The van der Waals surface area contributed by atoms with Crippen LogP contribution in [0.2, 0.25) is 0 Å². The van der Waals surface area contributed by atoms with Gasteiger partial charge in [0.2, 0.25) is 0 Å². The fraction of sp³-hybridized carbons (Fsp3) is 0.222. The Morgan fingerprint density at radius 3 is 2.53 bits per heavy atom. The van der Waals surface area contributed by atoms with Crippen molar-refractivity contribution in [1.82, 2.24) is 0 Å². The molecule has 0 N–H and O–H groups in total. The highest BCUT2D eigenvalue weighted by atomic mass is 79.9. The summed E-state index contributed by atoms with van der Waals surface area (Å²) in [6, 6.07) is 4.76. The molecule has 0 saturated heterocycles. The van der Waals surface area contributed by atoms with Crippen molar-refractivity contribution >= 4 is 35.7 Å². The zero-order valence-electron chi connectivity index (χ0n) is 7.79. The summed E-state index contributed by atoms with van der Waals surface area (Å²) in [5, 5.41) is 8.86. The molecule has 0 bridgehead atoms. The fourth-order valence-electron chi connectivity index (χ4n) is 1.18. The zero-order valence-corrected chi connectivity index (χ0v) is 10.9. The molecule has 0 spiro atoms. The summed E-state index contributed by atoms with van der Waals surface area (Å²) in [6.07, 6.45) is 0.571. The van der Waals surface area contributed by atoms with Gasteiger partial charge < -0.3 is 0 Å². The van der Waals surface area contributed by atoms with Crippen molar-refractivity contribution in [2.24, 2.45) is 0 Å². The van der Waals surface area contributed by atoms with E-state index >= 15 is 0 Å². The number of benzene rings is 1. The van der Waals surface area contributed by atoms with E-state index in [4.69, 9.17) is 15.9 Å². The van der Waals surface area contributed by atoms with E-state index in [2.05, 4.69) is 15.9 Å². The Hall–Kier alpha value is -0.570. The van der Waals surface area contributed by atoms with Gasteiger partial charge in [0.15, 0.2) is 0 Å². The van der Waals surface area contributed by atoms with Gasteiger partial charge in [-0.15, -0.1) is 0 Å². The van der Waals surface area contributed by atoms with E-state index in [-0.39, 0.29) is 4.90 Å². The number of halogens is 2. The van der Waals surface area contributed by atoms with Crippen LogP contribution in [0.25, 0.3) is 0 Å². The molecule has 1 aromatic rings. The summed E-state index contributed by atoms with van der Waals surface area (Å²) in [7, 11) is 1.47. The van der Waals surface area contributed by atoms with Crippen molar-refractivity contribution in [3.8, 4) is 6.07 Å². The van der Waals surface area contributed by atoms with Gasteiger partial charge >= 0.3 is 0 Å². The van der Waals surface area contributed by atoms with E-state index in [1.165, 1.54) is 12.1 Å². The van der Waals surface area contributed by atoms with Crippen LogP contribution in [0.5, 0.6) is 0 Å². The van der Waals surface area contributed by atoms with Crippen LogP contribution in [0.3, 0.4) is 0 Å². The fourth-order valence-corrected chi connectivity index (χ4v) is 2.73. The van der Waals surface area contributed by atoms with Crippen molar-refractivity contribution in [3.05, 3.63) is 27.7 Å². The monoisotopic (exact) mass is 307 g/mol. The molecule has 15 heavy (non-hydrogen) atoms. The largest absolute Gasteiger partial charge is 0.261 e. The molecule has 0 atom stereocenters. The number of hydrogen-bond acceptors (Lipinski definition) is 3. The average Bonchev–Trinajstić information content (AvgIpc) is 2.15. The van der Waals surface area contributed by atoms with Crippen molar-refractivity contribution in [2.75, 3.05) is 0 Å². The molecular formula is C9H7BrClNO2S. The predicted molar refractivity (Wildman–Crippen MR) is 61.3 cm³/mol. The van der Waals surface area contributed by atoms with Gasteiger partial charge in [0.1, 0.15) is 6.07 Å². The van der Waals surface area contributed by atoms with Crippen molar-refractivity contribution in [2.45, 2.75) is 18.2 Å². The van der Waals surface area contributed by atoms with E-state index in [1.54, 1.807) is 0 Å². The Labute approximate surface area is 101 Å². The second-order valence-electron chi connectivity index (χ2n) is 2.84. The number of nitriles is 1. The molecule has 1 aromatic carbocycles. The summed E-state index contributed by atoms with van der Waals surface area (Å²) >= 11 is 3.15. The topological polar surface area (TPSA) is 57.9 Å². The van der Waals surface area contributed by atoms with E-state index in [0.717, 1.165) is 0 Å². The lowest BCUT2D eigenvalue weighted by Crippen LogP contribution is -1.96. The van der Waals surface area contributed by atoms with Gasteiger partial charge in [0.25, 0.3) is 9.05 Å². The molecular weight excluding hydrogens is 302 g/mol. The Morgan fingerprint density at radius 2 is 2.13 bits per heavy atom. The smallest absolute Gasteiger partial charge is 0.207 e. The van der Waals surface area contributed by atoms with Gasteiger partial charge in [-0.1, -0.05) is 6.92 Å². The average molecular weight is 309 g/mol. The lowest BCUT2D eigenvalue weighted by Gasteiger charge is -2.05. The van der Waals surface area contributed by atoms with Crippen molar-refractivity contribution in [3.63, 3.8) is 0 Å². The molecule has 0 aliphatic heterocycles. The van der Waals surface area contributed by atoms with Crippen LogP contribution in [0.15, 0.2) is 21.5 Å². The maximum absolute atomic E-state index is 11.1. The van der Waals surface area contributed by atoms with Gasteiger partial charge in [0, 0.05) is 15.2 Å². The van der Waals surface area contributed by atoms with E-state index < -0.39 is 9.05 Å². The summed E-state index contributed by atoms with van der Waals surface area (Å²) in [6.45, 7) is 1.84. The summed E-state index contributed by atoms with van der Waals surface area (Å²) in [5.41, 5.74) is 1.10. The van der Waals surface area contributed by atoms with Crippen LogP contribution < -0.4 is 0 Å². The quantitative estimate of drug-likeness (QED) is 0.789. The Balaban J connectivity index is 3.54. The lowest BCUT2D eigenvalue weighted by molar-refractivity contribution is 0.609. The maximum Gasteiger partial charge on any atom is 0.261 e. The second kappa shape index (κ2) is 4.52. The molecule has 0 aliphatic carbocycles. The molecule has 0 saturated carbocycles. The summed E-state index contributed by atoms with van der Waals surface area (Å²) < 4.78 is 22.7. The van der Waals surface area contributed by atoms with Crippen LogP contribution in [-0.4, -0.2) is 8.42 Å². The molecule has 0 unspecified atom stereocenters. The first kappa shape index (κ1) is 12.5. The number of aryl methyl sites for hydroxylation is 1. The molecule has 6 heteroatoms. The van der Waals surface area contributed by atoms with Gasteiger partial charge in [-0.25, -0.2) is 8.42 Å². The first-order valence-electron chi connectivity index (χ1n) is 4.07. The third-order valence-electron chi connectivity index (χ3n) is 1.92. The highest BCUT2D eigenvalue weighted by molar-refractivity contribution is 9.10. The standard InChI is InChI=1S/C9H7BrClNO2S/c1-2-6-3-7(15(11,13)14)4-9(10)8(6)5-12/h3-4H,2H2,1H3. The third-order valence-corrected chi connectivity index (χ3v) is 3.88. The summed E-state index contributed by atoms with van der Waals surface area (Å²) in [5.74, 6) is 0. The molecule has 1 rings (SSSR count). The van der Waals surface area contributed by atoms with Gasteiger partial charge in [-0.3, -0.25) is 0 Å². The van der Waals surface area contributed by atoms with Crippen molar-refractivity contribution < 1.29 is 8.42 Å². The Morgan fingerprint density at radius 1 is 1.53 bits per heavy atom. The predicted octanol–water partition coefficient (Wildman–Crippen LogP) is 2.81. The van der Waals surface area contributed by atoms with Crippen LogP contribution in [0.4, 0.5) is 0 Å². The molecule has 3 nitrogen and oxygen atoms in total. The lowest BCUT2D eigenvalue weighted by atomic mass is 10.1. The molecule has 0 fully saturated rings. The van der Waals surface area contributed by atoms with Gasteiger partial charge in [-0.05, 0) is 40.0 Å². The Kier molecular flexibility index (Phi) is 3.77. The number of rotatable bonds is 2. The zero-order chi connectivity index (χ0) is 11.6. The molecule has 0 heterocycles. The van der Waals surface area contributed by atoms with Crippen LogP contribution in [0.1, 0.15) is 18.1 Å². The van der Waals surface area contributed by atoms with E-state index in [0.29, 0.717) is 22.0 Å². The number of nitrogens with zero attached hydrogens (tertiary/aromatic N) is 1. The van der Waals surface area contributed by atoms with Crippen LogP contribution in [0, 0.1) is 11.3 Å². The summed E-state index contributed by atoms with van der Waals surface area (Å²) in [4.78, 5) is 0.00638. The van der Waals surface area contributed by atoms with Gasteiger partial charge in [-0.2, -0.15) is 5.26 Å². The highest BCUT2D eigenvalue weighted by Crippen LogP contribution is 2.27. The van der Waals surface area contributed by atoms with Crippen molar-refractivity contribution in [1.29, 1.82) is 5.26 Å². The minimum Gasteiger partial charge on any atom is -0.207 e. The third kappa shape index (κ3) is 2.71. The molecule has 0 radical (unpaired) electrons. The Bertz CT molecular complexity index is 534. The molecule has 0 aliphatic rings. The van der Waals surface area contributed by atoms with Crippen LogP contribution >= 0.6 is 26.6 Å². The van der Waals surface area contributed by atoms with Crippen LogP contribution in [-0.2, 0) is 15.5 Å². The molecule has 0 amide bonds. The van der Waals surface area contributed by atoms with E-state index in [9.17, 15) is 8.42 Å². The highest BCUT2D eigenvalue weighted by Gasteiger charge is 2.15.